The third-order valence-electron chi connectivity index (χ3n) is 1.80. The maximum absolute atomic E-state index is 2.30. The molecule has 0 saturated heterocycles. The summed E-state index contributed by atoms with van der Waals surface area (Å²) in [6.07, 6.45) is 6.03. The van der Waals surface area contributed by atoms with Gasteiger partial charge in [0.1, 0.15) is 0 Å². The first-order valence-corrected chi connectivity index (χ1v) is 4.64. The summed E-state index contributed by atoms with van der Waals surface area (Å²) in [6, 6.07) is 0. The lowest BCUT2D eigenvalue weighted by Gasteiger charge is -2.24. The average Bonchev–Trinajstić information content (AvgIpc) is 1.96. The summed E-state index contributed by atoms with van der Waals surface area (Å²) in [6.45, 7) is 2.22. The van der Waals surface area contributed by atoms with Crippen molar-refractivity contribution in [1.82, 2.24) is 9.80 Å². The minimum Gasteiger partial charge on any atom is -0.365 e. The molecule has 0 aromatic carbocycles. The van der Waals surface area contributed by atoms with Gasteiger partial charge in [-0.1, -0.05) is 13.3 Å². The van der Waals surface area contributed by atoms with Gasteiger partial charge in [0.15, 0.2) is 0 Å². The van der Waals surface area contributed by atoms with Gasteiger partial charge in [0.25, 0.3) is 0 Å². The Morgan fingerprint density at radius 1 is 1.08 bits per heavy atom. The molecular formula is C10H22N2. The number of nitrogens with zero attached hydrogens (tertiary/aromatic N) is 2. The molecule has 0 heterocycles. The monoisotopic (exact) mass is 170 g/mol. The maximum Gasteiger partial charge on any atom is 0.0987 e. The molecule has 0 radical (unpaired) electrons. The van der Waals surface area contributed by atoms with E-state index >= 15 is 0 Å². The second kappa shape index (κ2) is 5.92. The van der Waals surface area contributed by atoms with Crippen molar-refractivity contribution in [3.63, 3.8) is 0 Å². The van der Waals surface area contributed by atoms with Gasteiger partial charge in [-0.3, -0.25) is 0 Å². The Morgan fingerprint density at radius 2 is 1.58 bits per heavy atom. The molecule has 2 nitrogen and oxygen atoms in total. The Balaban J connectivity index is 4.00. The molecule has 12 heavy (non-hydrogen) atoms. The van der Waals surface area contributed by atoms with Crippen molar-refractivity contribution in [2.75, 3.05) is 28.2 Å². The van der Waals surface area contributed by atoms with Crippen LogP contribution in [0, 0.1) is 0 Å². The standard InChI is InChI=1S/C10H22N2/c1-6-7-8-9-10(11(2)3)12(4)5/h9H,6-8H2,1-5H3. The van der Waals surface area contributed by atoms with Crippen LogP contribution in [0.15, 0.2) is 11.9 Å². The van der Waals surface area contributed by atoms with E-state index in [2.05, 4.69) is 51.0 Å². The fraction of sp³-hybridized carbons (Fsp3) is 0.800. The Morgan fingerprint density at radius 3 is 1.92 bits per heavy atom. The lowest BCUT2D eigenvalue weighted by molar-refractivity contribution is 0.340. The number of rotatable bonds is 5. The predicted molar refractivity (Wildman–Crippen MR) is 55.0 cm³/mol. The van der Waals surface area contributed by atoms with Gasteiger partial charge in [-0.2, -0.15) is 0 Å². The zero-order chi connectivity index (χ0) is 9.56. The predicted octanol–water partition coefficient (Wildman–Crippen LogP) is 2.14. The van der Waals surface area contributed by atoms with E-state index in [1.807, 2.05) is 0 Å². The first-order chi connectivity index (χ1) is 5.59. The largest absolute Gasteiger partial charge is 0.365 e. The second-order valence-corrected chi connectivity index (χ2v) is 3.49. The van der Waals surface area contributed by atoms with Gasteiger partial charge in [-0.15, -0.1) is 0 Å². The normalized spacial score (nSPS) is 9.42. The van der Waals surface area contributed by atoms with E-state index in [0.717, 1.165) is 0 Å². The van der Waals surface area contributed by atoms with Crippen LogP contribution in [0.5, 0.6) is 0 Å². The van der Waals surface area contributed by atoms with Crippen molar-refractivity contribution in [3.05, 3.63) is 11.9 Å². The van der Waals surface area contributed by atoms with Gasteiger partial charge < -0.3 is 9.80 Å². The highest BCUT2D eigenvalue weighted by molar-refractivity contribution is 4.96. The molecule has 2 heteroatoms. The van der Waals surface area contributed by atoms with Crippen LogP contribution < -0.4 is 0 Å². The maximum atomic E-state index is 2.30. The first kappa shape index (κ1) is 11.3. The Kier molecular flexibility index (Phi) is 5.60. The molecule has 0 fully saturated rings. The van der Waals surface area contributed by atoms with E-state index in [0.29, 0.717) is 0 Å². The molecule has 0 aliphatic heterocycles. The molecule has 0 aromatic rings. The number of hydrogen-bond acceptors (Lipinski definition) is 2. The third kappa shape index (κ3) is 4.27. The van der Waals surface area contributed by atoms with Crippen molar-refractivity contribution < 1.29 is 0 Å². The van der Waals surface area contributed by atoms with Crippen LogP contribution in [0.3, 0.4) is 0 Å². The zero-order valence-corrected chi connectivity index (χ0v) is 9.09. The zero-order valence-electron chi connectivity index (χ0n) is 9.09. The van der Waals surface area contributed by atoms with Gasteiger partial charge in [-0.05, 0) is 18.9 Å². The fourth-order valence-corrected chi connectivity index (χ4v) is 1.20. The summed E-state index contributed by atoms with van der Waals surface area (Å²) >= 11 is 0. The summed E-state index contributed by atoms with van der Waals surface area (Å²) < 4.78 is 0. The molecule has 0 aliphatic rings. The highest BCUT2D eigenvalue weighted by atomic mass is 15.3. The number of hydrogen-bond donors (Lipinski definition) is 0. The van der Waals surface area contributed by atoms with E-state index in [-0.39, 0.29) is 0 Å². The van der Waals surface area contributed by atoms with Crippen LogP contribution in [-0.2, 0) is 0 Å². The van der Waals surface area contributed by atoms with Crippen LogP contribution in [0.4, 0.5) is 0 Å². The Hall–Kier alpha value is -0.660. The SMILES string of the molecule is CCCCC=C(N(C)C)N(C)C. The topological polar surface area (TPSA) is 6.48 Å². The molecule has 0 aromatic heterocycles. The summed E-state index contributed by atoms with van der Waals surface area (Å²) in [5, 5.41) is 0. The molecule has 0 aliphatic carbocycles. The molecule has 0 N–H and O–H groups in total. The fourth-order valence-electron chi connectivity index (χ4n) is 1.20. The van der Waals surface area contributed by atoms with Gasteiger partial charge in [0, 0.05) is 28.2 Å². The quantitative estimate of drug-likeness (QED) is 0.583. The summed E-state index contributed by atoms with van der Waals surface area (Å²) in [5.41, 5.74) is 0. The van der Waals surface area contributed by atoms with Crippen molar-refractivity contribution in [1.29, 1.82) is 0 Å². The lowest BCUT2D eigenvalue weighted by Crippen LogP contribution is -2.24. The van der Waals surface area contributed by atoms with Crippen molar-refractivity contribution >= 4 is 0 Å². The molecule has 0 spiro atoms. The highest BCUT2D eigenvalue weighted by Gasteiger charge is 1.99. The highest BCUT2D eigenvalue weighted by Crippen LogP contribution is 2.05. The van der Waals surface area contributed by atoms with E-state index < -0.39 is 0 Å². The molecule has 0 saturated carbocycles. The van der Waals surface area contributed by atoms with Crippen molar-refractivity contribution in [2.45, 2.75) is 26.2 Å². The smallest absolute Gasteiger partial charge is 0.0987 e. The minimum atomic E-state index is 1.18. The van der Waals surface area contributed by atoms with Gasteiger partial charge in [0.05, 0.1) is 5.82 Å². The minimum absolute atomic E-state index is 1.18. The molecule has 0 unspecified atom stereocenters. The molecule has 72 valence electrons. The van der Waals surface area contributed by atoms with Crippen molar-refractivity contribution in [2.24, 2.45) is 0 Å². The summed E-state index contributed by atoms with van der Waals surface area (Å²) in [4.78, 5) is 4.30. The van der Waals surface area contributed by atoms with Gasteiger partial charge >= 0.3 is 0 Å². The number of unbranched alkanes of at least 4 members (excludes halogenated alkanes) is 2. The van der Waals surface area contributed by atoms with Gasteiger partial charge in [-0.25, -0.2) is 0 Å². The molecule has 0 atom stereocenters. The second-order valence-electron chi connectivity index (χ2n) is 3.49. The Labute approximate surface area is 76.9 Å². The van der Waals surface area contributed by atoms with Crippen molar-refractivity contribution in [3.8, 4) is 0 Å². The number of allylic oxidation sites excluding steroid dienone is 1. The first-order valence-electron chi connectivity index (χ1n) is 4.64. The van der Waals surface area contributed by atoms with Crippen LogP contribution >= 0.6 is 0 Å². The van der Waals surface area contributed by atoms with Crippen LogP contribution in [-0.4, -0.2) is 38.0 Å². The summed E-state index contributed by atoms with van der Waals surface area (Å²) in [7, 11) is 8.32. The van der Waals surface area contributed by atoms with Gasteiger partial charge in [0.2, 0.25) is 0 Å². The molecular weight excluding hydrogens is 148 g/mol. The van der Waals surface area contributed by atoms with E-state index in [4.69, 9.17) is 0 Å². The van der Waals surface area contributed by atoms with E-state index in [1.165, 1.54) is 25.1 Å². The third-order valence-corrected chi connectivity index (χ3v) is 1.80. The lowest BCUT2D eigenvalue weighted by atomic mass is 10.2. The Bertz CT molecular complexity index is 127. The van der Waals surface area contributed by atoms with E-state index in [1.54, 1.807) is 0 Å². The molecule has 0 amide bonds. The van der Waals surface area contributed by atoms with Crippen LogP contribution in [0.2, 0.25) is 0 Å². The van der Waals surface area contributed by atoms with Crippen LogP contribution in [0.1, 0.15) is 26.2 Å². The molecule has 0 rings (SSSR count). The average molecular weight is 170 g/mol. The van der Waals surface area contributed by atoms with E-state index in [9.17, 15) is 0 Å². The summed E-state index contributed by atoms with van der Waals surface area (Å²) in [5.74, 6) is 1.29. The van der Waals surface area contributed by atoms with Crippen LogP contribution in [0.25, 0.3) is 0 Å². The molecule has 0 bridgehead atoms.